The Morgan fingerprint density at radius 3 is 2.40 bits per heavy atom. The van der Waals surface area contributed by atoms with Crippen molar-refractivity contribution in [3.05, 3.63) is 35.9 Å². The van der Waals surface area contributed by atoms with Crippen LogP contribution in [0.2, 0.25) is 0 Å². The second-order valence-electron chi connectivity index (χ2n) is 6.41. The molecule has 0 saturated heterocycles. The summed E-state index contributed by atoms with van der Waals surface area (Å²) in [6.07, 6.45) is 4.82. The number of rotatable bonds is 3. The molecule has 108 valence electrons. The Hall–Kier alpha value is -1.35. The minimum absolute atomic E-state index is 0.123. The first kappa shape index (κ1) is 13.6. The topological polar surface area (TPSA) is 29.5 Å². The number of carbonyl (C=O) groups is 1. The molecule has 0 heterocycles. The van der Waals surface area contributed by atoms with Crippen molar-refractivity contribution in [1.82, 2.24) is 4.90 Å². The molecule has 3 aliphatic carbocycles. The average Bonchev–Trinajstić information content (AvgIpc) is 2.48. The van der Waals surface area contributed by atoms with E-state index in [9.17, 15) is 4.79 Å². The third-order valence-corrected chi connectivity index (χ3v) is 4.99. The van der Waals surface area contributed by atoms with Crippen LogP contribution in [-0.4, -0.2) is 37.1 Å². The summed E-state index contributed by atoms with van der Waals surface area (Å²) in [6, 6.07) is 10.00. The average molecular weight is 273 g/mol. The third kappa shape index (κ3) is 2.59. The molecule has 3 nitrogen and oxygen atoms in total. The number of carbonyl (C=O) groups excluding carboxylic acids is 1. The molecule has 3 heteroatoms. The second kappa shape index (κ2) is 5.57. The fourth-order valence-electron chi connectivity index (χ4n) is 3.90. The van der Waals surface area contributed by atoms with Gasteiger partial charge in [0.15, 0.2) is 0 Å². The first-order chi connectivity index (χ1) is 9.65. The van der Waals surface area contributed by atoms with Crippen LogP contribution in [0.4, 0.5) is 0 Å². The molecule has 0 aromatic heterocycles. The summed E-state index contributed by atoms with van der Waals surface area (Å²) in [5.74, 6) is 1.06. The lowest BCUT2D eigenvalue weighted by Gasteiger charge is -2.48. The molecule has 4 atom stereocenters. The molecule has 3 saturated carbocycles. The van der Waals surface area contributed by atoms with Gasteiger partial charge >= 0.3 is 5.97 Å². The summed E-state index contributed by atoms with van der Waals surface area (Å²) in [5, 5.41) is 0. The van der Waals surface area contributed by atoms with E-state index >= 15 is 0 Å². The van der Waals surface area contributed by atoms with Crippen LogP contribution >= 0.6 is 0 Å². The molecule has 20 heavy (non-hydrogen) atoms. The smallest absolute Gasteiger partial charge is 0.338 e. The van der Waals surface area contributed by atoms with E-state index in [1.54, 1.807) is 0 Å². The molecule has 0 radical (unpaired) electrons. The van der Waals surface area contributed by atoms with Crippen LogP contribution in [-0.2, 0) is 4.74 Å². The SMILES string of the molecule is CN(C)[C@H]1CC2CCC1C[C@@H]2OC(=O)c1ccccc1. The monoisotopic (exact) mass is 273 g/mol. The quantitative estimate of drug-likeness (QED) is 0.793. The normalized spacial score (nSPS) is 32.4. The van der Waals surface area contributed by atoms with Gasteiger partial charge in [-0.25, -0.2) is 4.79 Å². The van der Waals surface area contributed by atoms with Crippen LogP contribution in [0.5, 0.6) is 0 Å². The van der Waals surface area contributed by atoms with Crippen molar-refractivity contribution < 1.29 is 9.53 Å². The van der Waals surface area contributed by atoms with Gasteiger partial charge in [0.2, 0.25) is 0 Å². The van der Waals surface area contributed by atoms with Crippen molar-refractivity contribution in [3.63, 3.8) is 0 Å². The standard InChI is InChI=1S/C17H23NO2/c1-18(2)15-10-14-9-8-13(15)11-16(14)20-17(19)12-6-4-3-5-7-12/h3-7,13-16H,8-11H2,1-2H3/t13?,14?,15-,16-/m0/s1. The summed E-state index contributed by atoms with van der Waals surface area (Å²) in [4.78, 5) is 14.5. The molecule has 0 aliphatic heterocycles. The molecule has 0 amide bonds. The van der Waals surface area contributed by atoms with E-state index in [2.05, 4.69) is 19.0 Å². The molecular formula is C17H23NO2. The fourth-order valence-corrected chi connectivity index (χ4v) is 3.90. The van der Waals surface area contributed by atoms with Gasteiger partial charge in [-0.15, -0.1) is 0 Å². The van der Waals surface area contributed by atoms with E-state index in [0.717, 1.165) is 6.42 Å². The Morgan fingerprint density at radius 1 is 1.10 bits per heavy atom. The van der Waals surface area contributed by atoms with Gasteiger partial charge in [-0.2, -0.15) is 0 Å². The zero-order valence-electron chi connectivity index (χ0n) is 12.3. The Bertz CT molecular complexity index is 471. The van der Waals surface area contributed by atoms with E-state index in [-0.39, 0.29) is 12.1 Å². The van der Waals surface area contributed by atoms with Crippen molar-refractivity contribution >= 4 is 5.97 Å². The van der Waals surface area contributed by atoms with Gasteiger partial charge in [0, 0.05) is 6.04 Å². The van der Waals surface area contributed by atoms with Gasteiger partial charge < -0.3 is 9.64 Å². The highest BCUT2D eigenvalue weighted by molar-refractivity contribution is 5.89. The van der Waals surface area contributed by atoms with Gasteiger partial charge in [0.1, 0.15) is 6.10 Å². The molecule has 2 bridgehead atoms. The van der Waals surface area contributed by atoms with Gasteiger partial charge in [-0.05, 0) is 63.7 Å². The molecule has 1 aromatic carbocycles. The minimum atomic E-state index is -0.162. The second-order valence-corrected chi connectivity index (χ2v) is 6.41. The number of fused-ring (bicyclic) bond motifs is 3. The molecule has 3 fully saturated rings. The van der Waals surface area contributed by atoms with Crippen molar-refractivity contribution in [3.8, 4) is 0 Å². The first-order valence-electron chi connectivity index (χ1n) is 7.57. The van der Waals surface area contributed by atoms with Crippen molar-refractivity contribution in [2.75, 3.05) is 14.1 Å². The maximum atomic E-state index is 12.2. The highest BCUT2D eigenvalue weighted by Gasteiger charge is 2.44. The van der Waals surface area contributed by atoms with Crippen molar-refractivity contribution in [2.45, 2.75) is 37.8 Å². The minimum Gasteiger partial charge on any atom is -0.458 e. The summed E-state index contributed by atoms with van der Waals surface area (Å²) >= 11 is 0. The zero-order valence-corrected chi connectivity index (χ0v) is 12.3. The number of benzene rings is 1. The zero-order chi connectivity index (χ0) is 14.1. The maximum absolute atomic E-state index is 12.2. The highest BCUT2D eigenvalue weighted by atomic mass is 16.5. The van der Waals surface area contributed by atoms with Crippen LogP contribution in [0.25, 0.3) is 0 Å². The maximum Gasteiger partial charge on any atom is 0.338 e. The number of hydrogen-bond acceptors (Lipinski definition) is 3. The first-order valence-corrected chi connectivity index (χ1v) is 7.57. The van der Waals surface area contributed by atoms with Crippen LogP contribution in [0.15, 0.2) is 30.3 Å². The van der Waals surface area contributed by atoms with Crippen LogP contribution in [0.3, 0.4) is 0 Å². The van der Waals surface area contributed by atoms with Crippen molar-refractivity contribution in [1.29, 1.82) is 0 Å². The predicted octanol–water partition coefficient (Wildman–Crippen LogP) is 2.96. The van der Waals surface area contributed by atoms with Gasteiger partial charge in [0.25, 0.3) is 0 Å². The number of ether oxygens (including phenoxy) is 1. The van der Waals surface area contributed by atoms with Gasteiger partial charge in [0.05, 0.1) is 5.56 Å². The number of nitrogens with zero attached hydrogens (tertiary/aromatic N) is 1. The Kier molecular flexibility index (Phi) is 3.79. The molecule has 4 rings (SSSR count). The van der Waals surface area contributed by atoms with E-state index < -0.39 is 0 Å². The summed E-state index contributed by atoms with van der Waals surface area (Å²) in [7, 11) is 4.33. The van der Waals surface area contributed by atoms with E-state index in [1.807, 2.05) is 30.3 Å². The Balaban J connectivity index is 1.64. The lowest BCUT2D eigenvalue weighted by molar-refractivity contribution is -0.0572. The van der Waals surface area contributed by atoms with E-state index in [0.29, 0.717) is 23.4 Å². The summed E-state index contributed by atoms with van der Waals surface area (Å²) in [6.45, 7) is 0. The predicted molar refractivity (Wildman–Crippen MR) is 78.6 cm³/mol. The molecule has 2 unspecified atom stereocenters. The molecule has 0 N–H and O–H groups in total. The number of hydrogen-bond donors (Lipinski definition) is 0. The van der Waals surface area contributed by atoms with Crippen molar-refractivity contribution in [2.24, 2.45) is 11.8 Å². The molecular weight excluding hydrogens is 250 g/mol. The van der Waals surface area contributed by atoms with Crippen LogP contribution in [0, 0.1) is 11.8 Å². The van der Waals surface area contributed by atoms with Gasteiger partial charge in [-0.3, -0.25) is 0 Å². The van der Waals surface area contributed by atoms with Gasteiger partial charge in [-0.1, -0.05) is 18.2 Å². The highest BCUT2D eigenvalue weighted by Crippen LogP contribution is 2.44. The van der Waals surface area contributed by atoms with E-state index in [1.165, 1.54) is 19.3 Å². The van der Waals surface area contributed by atoms with Crippen LogP contribution in [0.1, 0.15) is 36.0 Å². The molecule has 0 spiro atoms. The largest absolute Gasteiger partial charge is 0.458 e. The Labute approximate surface area is 120 Å². The lowest BCUT2D eigenvalue weighted by Crippen LogP contribution is -2.50. The van der Waals surface area contributed by atoms with Crippen LogP contribution < -0.4 is 0 Å². The fraction of sp³-hybridized carbons (Fsp3) is 0.588. The summed E-state index contributed by atoms with van der Waals surface area (Å²) < 4.78 is 5.78. The lowest BCUT2D eigenvalue weighted by atomic mass is 9.66. The molecule has 3 aliphatic rings. The molecule has 1 aromatic rings. The van der Waals surface area contributed by atoms with E-state index in [4.69, 9.17) is 4.74 Å². The Morgan fingerprint density at radius 2 is 1.80 bits per heavy atom. The third-order valence-electron chi connectivity index (χ3n) is 4.99. The number of esters is 1. The summed E-state index contributed by atoms with van der Waals surface area (Å²) in [5.41, 5.74) is 0.665.